The molecule has 0 amide bonds. The van der Waals surface area contributed by atoms with Crippen molar-refractivity contribution in [3.05, 3.63) is 252 Å². The van der Waals surface area contributed by atoms with Gasteiger partial charge in [-0.1, -0.05) is 163 Å². The summed E-state index contributed by atoms with van der Waals surface area (Å²) >= 11 is 0. The van der Waals surface area contributed by atoms with Crippen molar-refractivity contribution in [3.63, 3.8) is 0 Å². The number of furan rings is 2. The molecule has 79 heavy (non-hydrogen) atoms. The first-order valence-corrected chi connectivity index (χ1v) is 27.8. The highest BCUT2D eigenvalue weighted by atomic mass is 16.3. The normalized spacial score (nSPS) is 15.0. The van der Waals surface area contributed by atoms with Gasteiger partial charge in [0.25, 0.3) is 0 Å². The summed E-state index contributed by atoms with van der Waals surface area (Å²) in [6.45, 7) is 14.4. The zero-order valence-corrected chi connectivity index (χ0v) is 45.0. The predicted octanol–water partition coefficient (Wildman–Crippen LogP) is 20.6. The number of rotatable bonds is 5. The van der Waals surface area contributed by atoms with Gasteiger partial charge in [-0.3, -0.25) is 0 Å². The maximum Gasteiger partial charge on any atom is 0.143 e. The summed E-state index contributed by atoms with van der Waals surface area (Å²) in [5.41, 5.74) is 27.9. The number of nitrogens with zero attached hydrogens (tertiary/aromatic N) is 2. The van der Waals surface area contributed by atoms with Gasteiger partial charge in [-0.25, -0.2) is 0 Å². The average Bonchev–Trinajstić information content (AvgIpc) is 3.18. The number of aromatic nitrogens is 1. The molecule has 17 rings (SSSR count). The largest absolute Gasteiger partial charge is 0.456 e. The third-order valence-corrected chi connectivity index (χ3v) is 18.8. The quantitative estimate of drug-likeness (QED) is 0.172. The molecule has 3 aliphatic rings. The van der Waals surface area contributed by atoms with E-state index in [2.05, 4.69) is 269 Å². The standard InChI is InChI=1S/C75H54N2O2/c1-73(2)57-35-36-67-70(52-24-14-17-27-65(52)78-67)69(57)56-42-60-55(41-61(56)73)48-33-30-46(38-58(48)74(60,3)4)76(44-19-9-7-10-20-44)47-31-34-51-59(39-47)75(5,6)62-40-54(72-71(68(51)62)53-25-15-18-28-66(53)79-72)43-29-32-50-49-23-13-16-26-63(49)77(64(50)37-43)45-21-11-8-12-22-45/h7-42H,1-6H3. The Morgan fingerprint density at radius 2 is 0.873 bits per heavy atom. The molecule has 3 aromatic heterocycles. The van der Waals surface area contributed by atoms with E-state index >= 15 is 0 Å². The molecule has 0 radical (unpaired) electrons. The number of anilines is 3. The van der Waals surface area contributed by atoms with Crippen LogP contribution in [0, 0.1) is 0 Å². The molecular weight excluding hydrogens is 961 g/mol. The fourth-order valence-electron chi connectivity index (χ4n) is 14.9. The molecule has 0 aliphatic heterocycles. The Labute approximate surface area is 458 Å². The smallest absolute Gasteiger partial charge is 0.143 e. The van der Waals surface area contributed by atoms with E-state index in [0.717, 1.165) is 61.6 Å². The minimum atomic E-state index is -0.351. The SMILES string of the molecule is CC1(C)c2cc(N(c3ccccc3)c3ccc4c(c3)C(C)(C)c3cc(-c5ccc6c7ccccc7n(-c7ccccc7)c6c5)c5oc6ccccc6c5c3-4)ccc2-c2cc3c(cc21)-c1c(ccc2oc4ccccc4c12)C3(C)C. The molecule has 0 atom stereocenters. The van der Waals surface area contributed by atoms with Gasteiger partial charge in [0.1, 0.15) is 22.3 Å². The van der Waals surface area contributed by atoms with Crippen molar-refractivity contribution in [1.82, 2.24) is 4.57 Å². The molecular formula is C75H54N2O2. The predicted molar refractivity (Wildman–Crippen MR) is 328 cm³/mol. The summed E-state index contributed by atoms with van der Waals surface area (Å²) in [4.78, 5) is 2.47. The minimum Gasteiger partial charge on any atom is -0.456 e. The molecule has 0 bridgehead atoms. The molecule has 0 unspecified atom stereocenters. The zero-order valence-electron chi connectivity index (χ0n) is 45.0. The van der Waals surface area contributed by atoms with Crippen LogP contribution >= 0.6 is 0 Å². The van der Waals surface area contributed by atoms with Crippen LogP contribution in [0.1, 0.15) is 74.9 Å². The van der Waals surface area contributed by atoms with Crippen LogP contribution in [0.5, 0.6) is 0 Å². The van der Waals surface area contributed by atoms with E-state index < -0.39 is 0 Å². The fourth-order valence-corrected chi connectivity index (χ4v) is 14.9. The zero-order chi connectivity index (χ0) is 52.8. The lowest BCUT2D eigenvalue weighted by atomic mass is 9.79. The maximum atomic E-state index is 7.05. The lowest BCUT2D eigenvalue weighted by molar-refractivity contribution is 0.651. The van der Waals surface area contributed by atoms with E-state index in [0.29, 0.717) is 0 Å². The van der Waals surface area contributed by atoms with Crippen molar-refractivity contribution in [2.75, 3.05) is 4.90 Å². The van der Waals surface area contributed by atoms with Gasteiger partial charge < -0.3 is 18.3 Å². The van der Waals surface area contributed by atoms with Crippen molar-refractivity contribution in [3.8, 4) is 50.2 Å². The molecule has 0 N–H and O–H groups in total. The van der Waals surface area contributed by atoms with Crippen molar-refractivity contribution in [2.45, 2.75) is 57.8 Å². The molecule has 0 saturated carbocycles. The molecule has 0 spiro atoms. The average molecular weight is 1020 g/mol. The van der Waals surface area contributed by atoms with Gasteiger partial charge in [0.05, 0.1) is 11.0 Å². The Balaban J connectivity index is 0.814. The maximum absolute atomic E-state index is 7.05. The molecule has 376 valence electrons. The third kappa shape index (κ3) is 5.88. The number of benzene rings is 11. The van der Waals surface area contributed by atoms with Crippen molar-refractivity contribution >= 4 is 82.7 Å². The van der Waals surface area contributed by atoms with Crippen molar-refractivity contribution < 1.29 is 8.83 Å². The summed E-state index contributed by atoms with van der Waals surface area (Å²) in [5.74, 6) is 0. The summed E-state index contributed by atoms with van der Waals surface area (Å²) in [6.07, 6.45) is 0. The van der Waals surface area contributed by atoms with E-state index in [4.69, 9.17) is 8.83 Å². The van der Waals surface area contributed by atoms with Gasteiger partial charge in [0.2, 0.25) is 0 Å². The number of fused-ring (bicyclic) bond motifs is 20. The molecule has 4 nitrogen and oxygen atoms in total. The summed E-state index contributed by atoms with van der Waals surface area (Å²) in [6, 6.07) is 80.9. The third-order valence-electron chi connectivity index (χ3n) is 18.8. The molecule has 0 fully saturated rings. The molecule has 3 heterocycles. The minimum absolute atomic E-state index is 0.179. The Morgan fingerprint density at radius 3 is 1.63 bits per heavy atom. The first kappa shape index (κ1) is 44.7. The van der Waals surface area contributed by atoms with Gasteiger partial charge in [-0.05, 0) is 169 Å². The van der Waals surface area contributed by atoms with Crippen LogP contribution in [0.3, 0.4) is 0 Å². The lowest BCUT2D eigenvalue weighted by Gasteiger charge is -2.29. The van der Waals surface area contributed by atoms with Gasteiger partial charge >= 0.3 is 0 Å². The second kappa shape index (κ2) is 15.4. The van der Waals surface area contributed by atoms with Crippen LogP contribution in [0.15, 0.2) is 227 Å². The highest BCUT2D eigenvalue weighted by molar-refractivity contribution is 6.20. The summed E-state index contributed by atoms with van der Waals surface area (Å²) in [5, 5.41) is 7.18. The van der Waals surface area contributed by atoms with E-state index in [1.54, 1.807) is 0 Å². The Bertz CT molecular complexity index is 4980. The van der Waals surface area contributed by atoms with Crippen LogP contribution in [-0.2, 0) is 16.2 Å². The number of para-hydroxylation sites is 5. The van der Waals surface area contributed by atoms with Gasteiger partial charge in [-0.2, -0.15) is 0 Å². The van der Waals surface area contributed by atoms with Crippen molar-refractivity contribution in [2.24, 2.45) is 0 Å². The molecule has 4 heteroatoms. The van der Waals surface area contributed by atoms with Gasteiger partial charge in [0, 0.05) is 76.9 Å². The number of hydrogen-bond acceptors (Lipinski definition) is 3. The Kier molecular flexibility index (Phi) is 8.73. The Morgan fingerprint density at radius 1 is 0.329 bits per heavy atom. The number of hydrogen-bond donors (Lipinski definition) is 0. The van der Waals surface area contributed by atoms with E-state index in [9.17, 15) is 0 Å². The molecule has 14 aromatic rings. The van der Waals surface area contributed by atoms with Crippen molar-refractivity contribution in [1.29, 1.82) is 0 Å². The molecule has 0 saturated heterocycles. The van der Waals surface area contributed by atoms with E-state index in [1.807, 2.05) is 0 Å². The first-order chi connectivity index (χ1) is 38.4. The highest BCUT2D eigenvalue weighted by Gasteiger charge is 2.44. The highest BCUT2D eigenvalue weighted by Crippen LogP contribution is 2.60. The van der Waals surface area contributed by atoms with Gasteiger partial charge in [0.15, 0.2) is 0 Å². The monoisotopic (exact) mass is 1010 g/mol. The lowest BCUT2D eigenvalue weighted by Crippen LogP contribution is -2.18. The van der Waals surface area contributed by atoms with Crippen LogP contribution in [-0.4, -0.2) is 4.57 Å². The second-order valence-electron chi connectivity index (χ2n) is 24.0. The summed E-state index contributed by atoms with van der Waals surface area (Å²) < 4.78 is 15.9. The van der Waals surface area contributed by atoms with E-state index in [1.165, 1.54) is 105 Å². The van der Waals surface area contributed by atoms with Crippen LogP contribution in [0.4, 0.5) is 17.1 Å². The summed E-state index contributed by atoms with van der Waals surface area (Å²) in [7, 11) is 0. The Hall–Kier alpha value is -9.38. The van der Waals surface area contributed by atoms with E-state index in [-0.39, 0.29) is 16.2 Å². The fraction of sp³-hybridized carbons (Fsp3) is 0.120. The van der Waals surface area contributed by atoms with Crippen LogP contribution in [0.2, 0.25) is 0 Å². The molecule has 11 aromatic carbocycles. The topological polar surface area (TPSA) is 34.5 Å². The van der Waals surface area contributed by atoms with Crippen LogP contribution in [0.25, 0.3) is 116 Å². The van der Waals surface area contributed by atoms with Crippen LogP contribution < -0.4 is 4.90 Å². The van der Waals surface area contributed by atoms with Gasteiger partial charge in [-0.15, -0.1) is 0 Å². The first-order valence-electron chi connectivity index (χ1n) is 27.8. The molecule has 3 aliphatic carbocycles. The second-order valence-corrected chi connectivity index (χ2v) is 24.0.